The molecule has 2 N–H and O–H groups in total. The summed E-state index contributed by atoms with van der Waals surface area (Å²) in [5, 5.41) is 9.00. The number of aryl methyl sites for hydroxylation is 2. The number of carbonyl (C=O) groups excluding carboxylic acids is 1. The van der Waals surface area contributed by atoms with Crippen LogP contribution in [-0.4, -0.2) is 35.3 Å². The molecule has 2 heterocycles. The number of aromatic nitrogens is 2. The van der Waals surface area contributed by atoms with Crippen molar-refractivity contribution >= 4 is 44.4 Å². The Morgan fingerprint density at radius 2 is 1.58 bits per heavy atom. The van der Waals surface area contributed by atoms with Crippen LogP contribution in [0.1, 0.15) is 5.56 Å². The molecule has 0 unspecified atom stereocenters. The van der Waals surface area contributed by atoms with E-state index in [1.54, 1.807) is 13.1 Å². The number of anilines is 1. The Morgan fingerprint density at radius 3 is 2.15 bits per heavy atom. The lowest BCUT2D eigenvalue weighted by atomic mass is 10.1. The van der Waals surface area contributed by atoms with Crippen LogP contribution in [0.3, 0.4) is 0 Å². The number of halogens is 3. The van der Waals surface area contributed by atoms with E-state index in [2.05, 4.69) is 5.10 Å². The fraction of sp³-hybridized carbons (Fsp3) is 0.150. The van der Waals surface area contributed by atoms with Crippen molar-refractivity contribution in [2.24, 2.45) is 24.3 Å². The van der Waals surface area contributed by atoms with Gasteiger partial charge in [-0.2, -0.15) is 23.3 Å². The molecule has 0 atom stereocenters. The average molecular weight is 479 g/mol. The highest BCUT2D eigenvalue weighted by Gasteiger charge is 2.46. The van der Waals surface area contributed by atoms with Crippen LogP contribution in [0.5, 0.6) is 0 Å². The predicted molar refractivity (Wildman–Crippen MR) is 115 cm³/mol. The SMILES string of the molecule is Cn1c(=O)n(C)c2cc(/C=C3\C(=O)N(c4ccc(S(N)(=O)=O)cc4)N=C3C(F)(F)F)ccc21. The molecule has 13 heteroatoms. The molecule has 0 bridgehead atoms. The summed E-state index contributed by atoms with van der Waals surface area (Å²) < 4.78 is 66.5. The predicted octanol–water partition coefficient (Wildman–Crippen LogP) is 1.87. The third-order valence-corrected chi connectivity index (χ3v) is 6.09. The molecule has 172 valence electrons. The third-order valence-electron chi connectivity index (χ3n) is 5.16. The quantitative estimate of drug-likeness (QED) is 0.577. The van der Waals surface area contributed by atoms with Gasteiger partial charge in [0.1, 0.15) is 0 Å². The Kier molecular flexibility index (Phi) is 5.05. The smallest absolute Gasteiger partial charge is 0.295 e. The second-order valence-corrected chi connectivity index (χ2v) is 8.87. The van der Waals surface area contributed by atoms with Crippen molar-refractivity contribution in [1.82, 2.24) is 9.13 Å². The molecule has 1 aliphatic heterocycles. The van der Waals surface area contributed by atoms with E-state index < -0.39 is 33.4 Å². The lowest BCUT2D eigenvalue weighted by Gasteiger charge is -2.12. The number of nitrogens with two attached hydrogens (primary N) is 1. The van der Waals surface area contributed by atoms with E-state index in [4.69, 9.17) is 5.14 Å². The van der Waals surface area contributed by atoms with E-state index in [0.29, 0.717) is 16.0 Å². The van der Waals surface area contributed by atoms with Crippen LogP contribution in [0.25, 0.3) is 17.1 Å². The molecular weight excluding hydrogens is 463 g/mol. The molecule has 33 heavy (non-hydrogen) atoms. The van der Waals surface area contributed by atoms with Crippen LogP contribution in [0.4, 0.5) is 18.9 Å². The maximum Gasteiger partial charge on any atom is 0.435 e. The number of rotatable bonds is 3. The van der Waals surface area contributed by atoms with Crippen LogP contribution in [0.15, 0.2) is 62.8 Å². The molecule has 0 aliphatic carbocycles. The van der Waals surface area contributed by atoms with Crippen LogP contribution in [0, 0.1) is 0 Å². The van der Waals surface area contributed by atoms with E-state index in [1.807, 2.05) is 0 Å². The number of amides is 1. The van der Waals surface area contributed by atoms with Crippen LogP contribution < -0.4 is 15.8 Å². The molecule has 0 radical (unpaired) electrons. The summed E-state index contributed by atoms with van der Waals surface area (Å²) in [6.45, 7) is 0. The first kappa shape index (κ1) is 22.5. The first-order valence-corrected chi connectivity index (χ1v) is 10.8. The van der Waals surface area contributed by atoms with E-state index in [9.17, 15) is 31.2 Å². The van der Waals surface area contributed by atoms with Gasteiger partial charge >= 0.3 is 11.9 Å². The topological polar surface area (TPSA) is 120 Å². The molecule has 3 aromatic rings. The number of sulfonamides is 1. The van der Waals surface area contributed by atoms with Gasteiger partial charge in [-0.05, 0) is 48.0 Å². The number of nitrogens with zero attached hydrogens (tertiary/aromatic N) is 4. The van der Waals surface area contributed by atoms with Gasteiger partial charge in [-0.3, -0.25) is 13.9 Å². The zero-order valence-corrected chi connectivity index (χ0v) is 18.0. The number of alkyl halides is 3. The van der Waals surface area contributed by atoms with Gasteiger partial charge in [0, 0.05) is 14.1 Å². The number of hydrazone groups is 1. The molecule has 0 fully saturated rings. The average Bonchev–Trinajstić information content (AvgIpc) is 3.17. The van der Waals surface area contributed by atoms with Gasteiger partial charge in [0.15, 0.2) is 5.71 Å². The van der Waals surface area contributed by atoms with Crippen molar-refractivity contribution < 1.29 is 26.4 Å². The van der Waals surface area contributed by atoms with Crippen LogP contribution in [0.2, 0.25) is 0 Å². The number of benzene rings is 2. The largest absolute Gasteiger partial charge is 0.435 e. The van der Waals surface area contributed by atoms with Crippen molar-refractivity contribution in [3.8, 4) is 0 Å². The second kappa shape index (κ2) is 7.42. The number of carbonyl (C=O) groups is 1. The number of hydrogen-bond donors (Lipinski definition) is 1. The highest BCUT2D eigenvalue weighted by atomic mass is 32.2. The first-order valence-electron chi connectivity index (χ1n) is 9.29. The standard InChI is InChI=1S/C20H16F3N5O4S/c1-26-15-8-3-11(10-16(15)27(2)19(26)30)9-14-17(20(21,22)23)25-28(18(14)29)12-4-6-13(7-5-12)33(24,31)32/h3-10H,1-2H3,(H2,24,31,32)/b14-9-. The van der Waals surface area contributed by atoms with E-state index in [-0.39, 0.29) is 21.8 Å². The van der Waals surface area contributed by atoms with Crippen LogP contribution in [-0.2, 0) is 28.9 Å². The minimum Gasteiger partial charge on any atom is -0.295 e. The summed E-state index contributed by atoms with van der Waals surface area (Å²) in [5.74, 6) is -1.05. The molecule has 1 aromatic heterocycles. The molecule has 9 nitrogen and oxygen atoms in total. The number of hydrogen-bond acceptors (Lipinski definition) is 5. The molecule has 0 saturated heterocycles. The summed E-state index contributed by atoms with van der Waals surface area (Å²) in [6.07, 6.45) is -3.88. The Morgan fingerprint density at radius 1 is 0.970 bits per heavy atom. The zero-order chi connectivity index (χ0) is 24.3. The Balaban J connectivity index is 1.80. The van der Waals surface area contributed by atoms with Crippen molar-refractivity contribution in [2.75, 3.05) is 5.01 Å². The normalized spacial score (nSPS) is 16.2. The minimum absolute atomic E-state index is 0.0709. The fourth-order valence-electron chi connectivity index (χ4n) is 3.49. The highest BCUT2D eigenvalue weighted by molar-refractivity contribution is 7.89. The Bertz CT molecular complexity index is 1530. The van der Waals surface area contributed by atoms with Gasteiger partial charge in [0.2, 0.25) is 10.0 Å². The molecule has 2 aromatic carbocycles. The number of fused-ring (bicyclic) bond motifs is 1. The summed E-state index contributed by atoms with van der Waals surface area (Å²) >= 11 is 0. The first-order chi connectivity index (χ1) is 15.3. The highest BCUT2D eigenvalue weighted by Crippen LogP contribution is 2.33. The van der Waals surface area contributed by atoms with Crippen LogP contribution >= 0.6 is 0 Å². The molecular formula is C20H16F3N5O4S. The third kappa shape index (κ3) is 3.85. The van der Waals surface area contributed by atoms with Gasteiger partial charge in [-0.15, -0.1) is 0 Å². The maximum absolute atomic E-state index is 13.7. The van der Waals surface area contributed by atoms with E-state index in [1.165, 1.54) is 28.3 Å². The van der Waals surface area contributed by atoms with Crippen molar-refractivity contribution in [1.29, 1.82) is 0 Å². The van der Waals surface area contributed by atoms with Gasteiger partial charge in [0.05, 0.1) is 27.2 Å². The van der Waals surface area contributed by atoms with E-state index in [0.717, 1.165) is 30.3 Å². The fourth-order valence-corrected chi connectivity index (χ4v) is 4.00. The molecule has 0 spiro atoms. The van der Waals surface area contributed by atoms with Crippen molar-refractivity contribution in [3.05, 3.63) is 64.1 Å². The molecule has 0 saturated carbocycles. The molecule has 1 aliphatic rings. The van der Waals surface area contributed by atoms with Gasteiger partial charge in [0.25, 0.3) is 5.91 Å². The monoisotopic (exact) mass is 479 g/mol. The zero-order valence-electron chi connectivity index (χ0n) is 17.2. The lowest BCUT2D eigenvalue weighted by Crippen LogP contribution is -2.25. The summed E-state index contributed by atoms with van der Waals surface area (Å²) in [6, 6.07) is 8.93. The van der Waals surface area contributed by atoms with E-state index >= 15 is 0 Å². The number of primary sulfonamides is 1. The summed E-state index contributed by atoms with van der Waals surface area (Å²) in [7, 11) is -0.930. The van der Waals surface area contributed by atoms with Gasteiger partial charge < -0.3 is 0 Å². The maximum atomic E-state index is 13.7. The van der Waals surface area contributed by atoms with Crippen molar-refractivity contribution in [3.63, 3.8) is 0 Å². The Hall–Kier alpha value is -3.71. The Labute approximate surface area is 184 Å². The number of imidazole rings is 1. The minimum atomic E-state index is -4.93. The summed E-state index contributed by atoms with van der Waals surface area (Å²) in [5.41, 5.74) is -1.16. The molecule has 4 rings (SSSR count). The lowest BCUT2D eigenvalue weighted by molar-refractivity contribution is -0.114. The second-order valence-electron chi connectivity index (χ2n) is 7.31. The van der Waals surface area contributed by atoms with Gasteiger partial charge in [-0.25, -0.2) is 18.4 Å². The molecule has 1 amide bonds. The summed E-state index contributed by atoms with van der Waals surface area (Å²) in [4.78, 5) is 24.7. The van der Waals surface area contributed by atoms with Crippen molar-refractivity contribution in [2.45, 2.75) is 11.1 Å². The van der Waals surface area contributed by atoms with Gasteiger partial charge in [-0.1, -0.05) is 6.07 Å².